The number of carbonyl (C=O) groups excluding carboxylic acids is 1. The van der Waals surface area contributed by atoms with Gasteiger partial charge < -0.3 is 14.2 Å². The van der Waals surface area contributed by atoms with E-state index in [0.717, 1.165) is 32.1 Å². The highest BCUT2D eigenvalue weighted by Gasteiger charge is 2.18. The first kappa shape index (κ1) is 14.8. The predicted molar refractivity (Wildman–Crippen MR) is 75.1 cm³/mol. The molecule has 0 amide bonds. The van der Waals surface area contributed by atoms with Crippen LogP contribution in [0.4, 0.5) is 0 Å². The molecule has 0 radical (unpaired) electrons. The summed E-state index contributed by atoms with van der Waals surface area (Å²) in [7, 11) is 1.59. The van der Waals surface area contributed by atoms with E-state index >= 15 is 0 Å². The zero-order valence-electron chi connectivity index (χ0n) is 12.0. The average Bonchev–Trinajstić information content (AvgIpc) is 2.49. The number of carbonyl (C=O) groups is 1. The highest BCUT2D eigenvalue weighted by atomic mass is 16.5. The molecule has 1 aromatic rings. The van der Waals surface area contributed by atoms with Crippen molar-refractivity contribution in [2.45, 2.75) is 13.0 Å². The third kappa shape index (κ3) is 3.95. The maximum atomic E-state index is 11.9. The van der Waals surface area contributed by atoms with Crippen LogP contribution in [0, 0.1) is 0 Å². The van der Waals surface area contributed by atoms with Crippen molar-refractivity contribution >= 4 is 5.97 Å². The maximum absolute atomic E-state index is 11.9. The first-order valence-electron chi connectivity index (χ1n) is 6.83. The second kappa shape index (κ2) is 7.26. The molecule has 0 saturated carbocycles. The van der Waals surface area contributed by atoms with Crippen LogP contribution in [0.2, 0.25) is 0 Å². The van der Waals surface area contributed by atoms with Crippen LogP contribution in [-0.4, -0.2) is 56.9 Å². The summed E-state index contributed by atoms with van der Waals surface area (Å²) in [5.74, 6) is 0.428. The van der Waals surface area contributed by atoms with Gasteiger partial charge in [-0.1, -0.05) is 0 Å². The van der Waals surface area contributed by atoms with Gasteiger partial charge in [-0.15, -0.1) is 0 Å². The summed E-state index contributed by atoms with van der Waals surface area (Å²) in [6, 6.07) is 7.29. The molecule has 110 valence electrons. The molecule has 0 aromatic heterocycles. The first-order chi connectivity index (χ1) is 9.70. The SMILES string of the molecule is COc1ccc(C(=O)OCCN2CCOC[C@@H]2C)cc1. The standard InChI is InChI=1S/C15H21NO4/c1-12-11-19-9-7-16(12)8-10-20-15(17)13-3-5-14(18-2)6-4-13/h3-6,12H,7-11H2,1-2H3/t12-/m0/s1. The Balaban J connectivity index is 1.76. The van der Waals surface area contributed by atoms with Gasteiger partial charge in [-0.25, -0.2) is 4.79 Å². The topological polar surface area (TPSA) is 48.0 Å². The summed E-state index contributed by atoms with van der Waals surface area (Å²) in [6.45, 7) is 5.64. The van der Waals surface area contributed by atoms with Gasteiger partial charge in [-0.2, -0.15) is 0 Å². The lowest BCUT2D eigenvalue weighted by Gasteiger charge is -2.32. The van der Waals surface area contributed by atoms with E-state index in [9.17, 15) is 4.79 Å². The quantitative estimate of drug-likeness (QED) is 0.766. The number of methoxy groups -OCH3 is 1. The molecule has 1 saturated heterocycles. The molecule has 0 aliphatic carbocycles. The fourth-order valence-corrected chi connectivity index (χ4v) is 2.16. The van der Waals surface area contributed by atoms with Gasteiger partial charge in [0.1, 0.15) is 12.4 Å². The van der Waals surface area contributed by atoms with Crippen LogP contribution in [-0.2, 0) is 9.47 Å². The summed E-state index contributed by atoms with van der Waals surface area (Å²) in [5, 5.41) is 0. The Morgan fingerprint density at radius 2 is 2.15 bits per heavy atom. The number of ether oxygens (including phenoxy) is 3. The van der Waals surface area contributed by atoms with E-state index in [1.54, 1.807) is 31.4 Å². The van der Waals surface area contributed by atoms with Crippen LogP contribution >= 0.6 is 0 Å². The minimum atomic E-state index is -0.298. The molecule has 0 N–H and O–H groups in total. The average molecular weight is 279 g/mol. The normalized spacial score (nSPS) is 19.6. The van der Waals surface area contributed by atoms with Crippen molar-refractivity contribution in [2.24, 2.45) is 0 Å². The summed E-state index contributed by atoms with van der Waals surface area (Å²) in [6.07, 6.45) is 0. The van der Waals surface area contributed by atoms with E-state index in [2.05, 4.69) is 11.8 Å². The van der Waals surface area contributed by atoms with E-state index in [0.29, 0.717) is 18.2 Å². The van der Waals surface area contributed by atoms with Crippen molar-refractivity contribution in [3.05, 3.63) is 29.8 Å². The summed E-state index contributed by atoms with van der Waals surface area (Å²) in [4.78, 5) is 14.1. The smallest absolute Gasteiger partial charge is 0.338 e. The van der Waals surface area contributed by atoms with Crippen molar-refractivity contribution in [2.75, 3.05) is 40.0 Å². The van der Waals surface area contributed by atoms with Gasteiger partial charge in [-0.05, 0) is 31.2 Å². The number of rotatable bonds is 5. The molecule has 5 nitrogen and oxygen atoms in total. The summed E-state index contributed by atoms with van der Waals surface area (Å²) >= 11 is 0. The lowest BCUT2D eigenvalue weighted by molar-refractivity contribution is -0.0110. The first-order valence-corrected chi connectivity index (χ1v) is 6.83. The molecule has 0 unspecified atom stereocenters. The molecule has 1 aliphatic rings. The van der Waals surface area contributed by atoms with Crippen LogP contribution in [0.5, 0.6) is 5.75 Å². The van der Waals surface area contributed by atoms with Gasteiger partial charge in [0.15, 0.2) is 0 Å². The Kier molecular flexibility index (Phi) is 5.38. The van der Waals surface area contributed by atoms with Gasteiger partial charge in [0, 0.05) is 19.1 Å². The fourth-order valence-electron chi connectivity index (χ4n) is 2.16. The molecular weight excluding hydrogens is 258 g/mol. The highest BCUT2D eigenvalue weighted by molar-refractivity contribution is 5.89. The van der Waals surface area contributed by atoms with Gasteiger partial charge in [-0.3, -0.25) is 4.90 Å². The maximum Gasteiger partial charge on any atom is 0.338 e. The van der Waals surface area contributed by atoms with E-state index in [4.69, 9.17) is 14.2 Å². The van der Waals surface area contributed by atoms with Gasteiger partial charge in [0.05, 0.1) is 25.9 Å². The molecule has 0 spiro atoms. The van der Waals surface area contributed by atoms with Crippen LogP contribution in [0.1, 0.15) is 17.3 Å². The van der Waals surface area contributed by atoms with Gasteiger partial charge in [0.2, 0.25) is 0 Å². The molecule has 2 rings (SSSR count). The Morgan fingerprint density at radius 3 is 2.80 bits per heavy atom. The molecular formula is C15H21NO4. The molecule has 1 atom stereocenters. The van der Waals surface area contributed by atoms with Gasteiger partial charge >= 0.3 is 5.97 Å². The van der Waals surface area contributed by atoms with Crippen LogP contribution in [0.15, 0.2) is 24.3 Å². The van der Waals surface area contributed by atoms with Crippen molar-refractivity contribution < 1.29 is 19.0 Å². The van der Waals surface area contributed by atoms with E-state index in [1.807, 2.05) is 0 Å². The number of esters is 1. The molecule has 1 fully saturated rings. The van der Waals surface area contributed by atoms with Crippen LogP contribution < -0.4 is 4.74 Å². The summed E-state index contributed by atoms with van der Waals surface area (Å²) in [5.41, 5.74) is 0.542. The zero-order chi connectivity index (χ0) is 14.4. The minimum absolute atomic E-state index is 0.298. The minimum Gasteiger partial charge on any atom is -0.497 e. The highest BCUT2D eigenvalue weighted by Crippen LogP contribution is 2.12. The monoisotopic (exact) mass is 279 g/mol. The molecule has 1 heterocycles. The molecule has 1 aromatic carbocycles. The molecule has 5 heteroatoms. The second-order valence-corrected chi connectivity index (χ2v) is 4.82. The van der Waals surface area contributed by atoms with Crippen LogP contribution in [0.25, 0.3) is 0 Å². The van der Waals surface area contributed by atoms with Crippen molar-refractivity contribution in [3.8, 4) is 5.75 Å². The number of hydrogen-bond acceptors (Lipinski definition) is 5. The Labute approximate surface area is 119 Å². The Bertz CT molecular complexity index is 432. The van der Waals surface area contributed by atoms with Crippen molar-refractivity contribution in [1.29, 1.82) is 0 Å². The largest absolute Gasteiger partial charge is 0.497 e. The number of hydrogen-bond donors (Lipinski definition) is 0. The molecule has 20 heavy (non-hydrogen) atoms. The lowest BCUT2D eigenvalue weighted by atomic mass is 10.2. The molecule has 0 bridgehead atoms. The van der Waals surface area contributed by atoms with Crippen molar-refractivity contribution in [1.82, 2.24) is 4.90 Å². The predicted octanol–water partition coefficient (Wildman–Crippen LogP) is 1.57. The molecule has 1 aliphatic heterocycles. The van der Waals surface area contributed by atoms with E-state index in [1.165, 1.54) is 0 Å². The van der Waals surface area contributed by atoms with Gasteiger partial charge in [0.25, 0.3) is 0 Å². The third-order valence-electron chi connectivity index (χ3n) is 3.44. The van der Waals surface area contributed by atoms with Crippen LogP contribution in [0.3, 0.4) is 0 Å². The fraction of sp³-hybridized carbons (Fsp3) is 0.533. The number of benzene rings is 1. The lowest BCUT2D eigenvalue weighted by Crippen LogP contribution is -2.45. The summed E-state index contributed by atoms with van der Waals surface area (Å²) < 4.78 is 15.7. The Morgan fingerprint density at radius 1 is 1.40 bits per heavy atom. The van der Waals surface area contributed by atoms with E-state index in [-0.39, 0.29) is 5.97 Å². The van der Waals surface area contributed by atoms with Crippen molar-refractivity contribution in [3.63, 3.8) is 0 Å². The number of nitrogens with zero attached hydrogens (tertiary/aromatic N) is 1. The Hall–Kier alpha value is -1.59. The van der Waals surface area contributed by atoms with E-state index < -0.39 is 0 Å². The second-order valence-electron chi connectivity index (χ2n) is 4.82. The third-order valence-corrected chi connectivity index (χ3v) is 3.44. The number of morpholine rings is 1. The zero-order valence-corrected chi connectivity index (χ0v) is 12.0.